The van der Waals surface area contributed by atoms with Crippen LogP contribution in [-0.4, -0.2) is 47.8 Å². The molecule has 0 saturated heterocycles. The molecule has 0 heterocycles. The van der Waals surface area contributed by atoms with Crippen LogP contribution in [0.15, 0.2) is 48.5 Å². The Kier molecular flexibility index (Phi) is 13.8. The summed E-state index contributed by atoms with van der Waals surface area (Å²) in [4.78, 5) is 51.9. The van der Waals surface area contributed by atoms with Crippen molar-refractivity contribution in [3.63, 3.8) is 0 Å². The van der Waals surface area contributed by atoms with Gasteiger partial charge in [-0.25, -0.2) is 23.4 Å². The smallest absolute Gasteiger partial charge is 0.235 e. The van der Waals surface area contributed by atoms with Crippen molar-refractivity contribution in [2.45, 2.75) is 84.0 Å². The molecular weight excluding hydrogens is 552 g/mol. The molecule has 0 aliphatic carbocycles. The summed E-state index contributed by atoms with van der Waals surface area (Å²) in [7, 11) is 0. The monoisotopic (exact) mass is 598 g/mol. The summed E-state index contributed by atoms with van der Waals surface area (Å²) in [5.41, 5.74) is 12.5. The van der Waals surface area contributed by atoms with Crippen molar-refractivity contribution in [1.82, 2.24) is 21.7 Å². The van der Waals surface area contributed by atoms with Gasteiger partial charge in [-0.2, -0.15) is 0 Å². The zero-order valence-corrected chi connectivity index (χ0v) is 25.3. The fourth-order valence-electron chi connectivity index (χ4n) is 5.40. The van der Waals surface area contributed by atoms with Crippen LogP contribution in [0.3, 0.4) is 0 Å². The van der Waals surface area contributed by atoms with E-state index in [-0.39, 0.29) is 73.5 Å². The summed E-state index contributed by atoms with van der Waals surface area (Å²) in [5, 5.41) is 0. The normalized spacial score (nSPS) is 13.6. The molecule has 0 bridgehead atoms. The van der Waals surface area contributed by atoms with E-state index in [1.165, 1.54) is 0 Å². The minimum Gasteiger partial charge on any atom is -0.365 e. The Morgan fingerprint density at radius 1 is 0.512 bits per heavy atom. The molecule has 4 unspecified atom stereocenters. The molecule has 43 heavy (non-hydrogen) atoms. The number of hydrogen-bond donors (Lipinski definition) is 8. The van der Waals surface area contributed by atoms with Crippen LogP contribution in [0.2, 0.25) is 0 Å². The topological polar surface area (TPSA) is 227 Å². The van der Waals surface area contributed by atoms with Crippen molar-refractivity contribution in [2.75, 3.05) is 9.80 Å². The van der Waals surface area contributed by atoms with Crippen LogP contribution in [0.5, 0.6) is 0 Å². The Labute approximate surface area is 252 Å². The average molecular weight is 599 g/mol. The predicted octanol–water partition coefficient (Wildman–Crippen LogP) is -0.0358. The maximum atomic E-state index is 12.0. The average Bonchev–Trinajstić information content (AvgIpc) is 2.98. The number of hydrogen-bond acceptors (Lipinski definition) is 10. The van der Waals surface area contributed by atoms with E-state index in [2.05, 4.69) is 21.7 Å². The van der Waals surface area contributed by atoms with Crippen LogP contribution in [-0.2, 0) is 25.6 Å². The highest BCUT2D eigenvalue weighted by molar-refractivity contribution is 5.79. The molecular formula is C29H46N10O4. The lowest BCUT2D eigenvalue weighted by atomic mass is 10.0. The third-order valence-electron chi connectivity index (χ3n) is 7.34. The third-order valence-corrected chi connectivity index (χ3v) is 7.34. The van der Waals surface area contributed by atoms with Gasteiger partial charge in [-0.05, 0) is 69.5 Å². The standard InChI is InChI=1S/C29H46N10O4/c1-18(13-26(40)34-30)38(19(2)14-27(41)35-31)24-9-5-22(6-10-24)17-23-7-11-25(12-8-23)39(20(3)15-28(42)36-32)21(4)16-29(43)37-33/h5-12,18-21H,13-17,30-33H2,1-4H3,(H,34,40)(H,35,41)(H,36,42)(H,37,43). The van der Waals surface area contributed by atoms with Gasteiger partial charge in [0.2, 0.25) is 23.6 Å². The van der Waals surface area contributed by atoms with E-state index in [1.54, 1.807) is 0 Å². The first-order valence-corrected chi connectivity index (χ1v) is 14.2. The van der Waals surface area contributed by atoms with Crippen molar-refractivity contribution in [3.8, 4) is 0 Å². The Hall–Kier alpha value is -4.24. The van der Waals surface area contributed by atoms with Crippen molar-refractivity contribution >= 4 is 35.0 Å². The second-order valence-electron chi connectivity index (χ2n) is 10.8. The highest BCUT2D eigenvalue weighted by Gasteiger charge is 2.26. The molecule has 0 aliphatic heterocycles. The second-order valence-corrected chi connectivity index (χ2v) is 10.8. The van der Waals surface area contributed by atoms with E-state index in [9.17, 15) is 19.2 Å². The number of carbonyl (C=O) groups is 4. The van der Waals surface area contributed by atoms with E-state index in [1.807, 2.05) is 86.0 Å². The van der Waals surface area contributed by atoms with Gasteiger partial charge in [0.1, 0.15) is 0 Å². The molecule has 2 aromatic carbocycles. The number of nitrogens with two attached hydrogens (primary N) is 4. The van der Waals surface area contributed by atoms with E-state index in [4.69, 9.17) is 23.4 Å². The largest absolute Gasteiger partial charge is 0.365 e. The summed E-state index contributed by atoms with van der Waals surface area (Å²) in [5.74, 6) is 20.0. The number of hydrazine groups is 4. The number of carbonyl (C=O) groups excluding carboxylic acids is 4. The van der Waals surface area contributed by atoms with Crippen molar-refractivity contribution in [3.05, 3.63) is 59.7 Å². The number of nitrogens with zero attached hydrogens (tertiary/aromatic N) is 2. The summed E-state index contributed by atoms with van der Waals surface area (Å²) in [6.07, 6.45) is 1.28. The lowest BCUT2D eigenvalue weighted by Crippen LogP contribution is -2.46. The highest BCUT2D eigenvalue weighted by atomic mass is 16.2. The van der Waals surface area contributed by atoms with Gasteiger partial charge < -0.3 is 9.80 Å². The Morgan fingerprint density at radius 3 is 0.953 bits per heavy atom. The first kappa shape index (κ1) is 35.0. The molecule has 4 amide bonds. The van der Waals surface area contributed by atoms with Gasteiger partial charge in [0.05, 0.1) is 0 Å². The zero-order valence-electron chi connectivity index (χ0n) is 25.3. The lowest BCUT2D eigenvalue weighted by molar-refractivity contribution is -0.122. The summed E-state index contributed by atoms with van der Waals surface area (Å²) in [6, 6.07) is 15.0. The van der Waals surface area contributed by atoms with Crippen LogP contribution >= 0.6 is 0 Å². The number of anilines is 2. The van der Waals surface area contributed by atoms with Crippen LogP contribution in [0, 0.1) is 0 Å². The summed E-state index contributed by atoms with van der Waals surface area (Å²) in [6.45, 7) is 7.60. The van der Waals surface area contributed by atoms with E-state index in [0.717, 1.165) is 22.5 Å². The number of benzene rings is 2. The minimum absolute atomic E-state index is 0.154. The molecule has 236 valence electrons. The van der Waals surface area contributed by atoms with Crippen LogP contribution in [0.1, 0.15) is 64.5 Å². The van der Waals surface area contributed by atoms with Crippen molar-refractivity contribution in [2.24, 2.45) is 23.4 Å². The maximum Gasteiger partial charge on any atom is 0.235 e. The summed E-state index contributed by atoms with van der Waals surface area (Å²) < 4.78 is 0. The summed E-state index contributed by atoms with van der Waals surface area (Å²) >= 11 is 0. The van der Waals surface area contributed by atoms with Crippen LogP contribution in [0.4, 0.5) is 11.4 Å². The molecule has 0 spiro atoms. The Morgan fingerprint density at radius 2 is 0.744 bits per heavy atom. The molecule has 0 fully saturated rings. The predicted molar refractivity (Wildman–Crippen MR) is 166 cm³/mol. The minimum atomic E-state index is -0.305. The van der Waals surface area contributed by atoms with Gasteiger partial charge in [0.25, 0.3) is 0 Å². The van der Waals surface area contributed by atoms with E-state index < -0.39 is 0 Å². The van der Waals surface area contributed by atoms with Crippen LogP contribution in [0.25, 0.3) is 0 Å². The Balaban J connectivity index is 2.25. The SMILES string of the molecule is CC(CC(=O)NN)N(c1ccc(Cc2ccc(N(C(C)CC(=O)NN)C(C)CC(=O)NN)cc2)cc1)C(C)CC(=O)NN. The molecule has 2 aromatic rings. The van der Waals surface area contributed by atoms with Crippen molar-refractivity contribution in [1.29, 1.82) is 0 Å². The van der Waals surface area contributed by atoms with Gasteiger partial charge in [-0.15, -0.1) is 0 Å². The number of nitrogens with one attached hydrogen (secondary N) is 4. The first-order chi connectivity index (χ1) is 20.4. The molecule has 0 aromatic heterocycles. The first-order valence-electron chi connectivity index (χ1n) is 14.2. The Bertz CT molecular complexity index is 1070. The molecule has 2 rings (SSSR count). The molecule has 0 aliphatic rings. The van der Waals surface area contributed by atoms with Gasteiger partial charge >= 0.3 is 0 Å². The number of rotatable bonds is 16. The lowest BCUT2D eigenvalue weighted by Gasteiger charge is -2.36. The van der Waals surface area contributed by atoms with Gasteiger partial charge in [-0.1, -0.05) is 24.3 Å². The zero-order chi connectivity index (χ0) is 32.1. The highest BCUT2D eigenvalue weighted by Crippen LogP contribution is 2.27. The van der Waals surface area contributed by atoms with E-state index >= 15 is 0 Å². The third kappa shape index (κ3) is 10.5. The van der Waals surface area contributed by atoms with Crippen LogP contribution < -0.4 is 54.9 Å². The molecule has 0 radical (unpaired) electrons. The molecule has 12 N–H and O–H groups in total. The van der Waals surface area contributed by atoms with Gasteiger partial charge in [0, 0.05) is 61.2 Å². The number of amides is 4. The second kappa shape index (κ2) is 17.0. The fourth-order valence-corrected chi connectivity index (χ4v) is 5.40. The maximum absolute atomic E-state index is 12.0. The molecule has 14 nitrogen and oxygen atoms in total. The molecule has 0 saturated carbocycles. The molecule has 14 heteroatoms. The molecule has 4 atom stereocenters. The van der Waals surface area contributed by atoms with Gasteiger partial charge in [0.15, 0.2) is 0 Å². The van der Waals surface area contributed by atoms with Crippen molar-refractivity contribution < 1.29 is 19.2 Å². The van der Waals surface area contributed by atoms with E-state index in [0.29, 0.717) is 6.42 Å². The quantitative estimate of drug-likeness (QED) is 0.0731. The fraction of sp³-hybridized carbons (Fsp3) is 0.448. The van der Waals surface area contributed by atoms with Gasteiger partial charge in [-0.3, -0.25) is 40.9 Å².